The summed E-state index contributed by atoms with van der Waals surface area (Å²) < 4.78 is 26.6. The zero-order chi connectivity index (χ0) is 16.2. The molecule has 3 rings (SSSR count). The molecule has 1 saturated heterocycles. The first-order valence-electron chi connectivity index (χ1n) is 7.71. The Morgan fingerprint density at radius 3 is 2.57 bits per heavy atom. The van der Waals surface area contributed by atoms with E-state index in [-0.39, 0.29) is 5.56 Å². The molecule has 0 unspecified atom stereocenters. The van der Waals surface area contributed by atoms with Gasteiger partial charge in [0.25, 0.3) is 5.91 Å². The highest BCUT2D eigenvalue weighted by atomic mass is 19.1. The normalized spacial score (nSPS) is 14.1. The van der Waals surface area contributed by atoms with Crippen molar-refractivity contribution in [2.24, 2.45) is 0 Å². The van der Waals surface area contributed by atoms with Crippen molar-refractivity contribution in [3.8, 4) is 0 Å². The summed E-state index contributed by atoms with van der Waals surface area (Å²) in [5.41, 5.74) is 1.94. The summed E-state index contributed by atoms with van der Waals surface area (Å²) in [6, 6.07) is 10.8. The van der Waals surface area contributed by atoms with Crippen LogP contribution in [0.1, 0.15) is 28.8 Å². The lowest BCUT2D eigenvalue weighted by Crippen LogP contribution is -2.26. The van der Waals surface area contributed by atoms with Crippen molar-refractivity contribution in [1.82, 2.24) is 5.32 Å². The number of carbonyl (C=O) groups excluding carboxylic acids is 1. The van der Waals surface area contributed by atoms with Crippen LogP contribution in [0.2, 0.25) is 0 Å². The molecule has 0 bridgehead atoms. The van der Waals surface area contributed by atoms with Crippen molar-refractivity contribution in [3.05, 3.63) is 65.2 Å². The zero-order valence-corrected chi connectivity index (χ0v) is 12.7. The number of carbonyl (C=O) groups is 1. The SMILES string of the molecule is O=C(NCc1ccccc1N1CCCC1)c1ccc(F)cc1F. The van der Waals surface area contributed by atoms with E-state index in [0.29, 0.717) is 12.6 Å². The third-order valence-corrected chi connectivity index (χ3v) is 4.05. The van der Waals surface area contributed by atoms with Crippen molar-refractivity contribution >= 4 is 11.6 Å². The van der Waals surface area contributed by atoms with E-state index >= 15 is 0 Å². The molecule has 1 aliphatic heterocycles. The van der Waals surface area contributed by atoms with Gasteiger partial charge < -0.3 is 10.2 Å². The van der Waals surface area contributed by atoms with E-state index in [9.17, 15) is 13.6 Å². The highest BCUT2D eigenvalue weighted by Gasteiger charge is 2.17. The Hall–Kier alpha value is -2.43. The lowest BCUT2D eigenvalue weighted by atomic mass is 10.1. The summed E-state index contributed by atoms with van der Waals surface area (Å²) in [5.74, 6) is -2.09. The van der Waals surface area contributed by atoms with E-state index in [1.54, 1.807) is 0 Å². The van der Waals surface area contributed by atoms with Crippen LogP contribution in [0.15, 0.2) is 42.5 Å². The molecule has 0 spiro atoms. The van der Waals surface area contributed by atoms with Gasteiger partial charge in [0, 0.05) is 31.4 Å². The standard InChI is InChI=1S/C18H18F2N2O/c19-14-7-8-15(16(20)11-14)18(23)21-12-13-5-1-2-6-17(13)22-9-3-4-10-22/h1-2,5-8,11H,3-4,9-10,12H2,(H,21,23). The molecule has 0 saturated carbocycles. The molecule has 0 aliphatic carbocycles. The molecular formula is C18H18F2N2O. The van der Waals surface area contributed by atoms with Gasteiger partial charge in [0.1, 0.15) is 11.6 Å². The van der Waals surface area contributed by atoms with Crippen LogP contribution in [0.4, 0.5) is 14.5 Å². The predicted octanol–water partition coefficient (Wildman–Crippen LogP) is 3.50. The monoisotopic (exact) mass is 316 g/mol. The molecule has 23 heavy (non-hydrogen) atoms. The number of amides is 1. The molecule has 1 heterocycles. The smallest absolute Gasteiger partial charge is 0.254 e. The van der Waals surface area contributed by atoms with Crippen LogP contribution in [0, 0.1) is 11.6 Å². The van der Waals surface area contributed by atoms with Gasteiger partial charge in [-0.15, -0.1) is 0 Å². The predicted molar refractivity (Wildman–Crippen MR) is 85.4 cm³/mol. The fourth-order valence-electron chi connectivity index (χ4n) is 2.87. The maximum Gasteiger partial charge on any atom is 0.254 e. The number of nitrogens with one attached hydrogen (secondary N) is 1. The molecule has 3 nitrogen and oxygen atoms in total. The Morgan fingerprint density at radius 1 is 1.09 bits per heavy atom. The first kappa shape index (κ1) is 15.5. The van der Waals surface area contributed by atoms with Crippen LogP contribution >= 0.6 is 0 Å². The van der Waals surface area contributed by atoms with Crippen LogP contribution in [0.3, 0.4) is 0 Å². The molecule has 0 aromatic heterocycles. The summed E-state index contributed by atoms with van der Waals surface area (Å²) >= 11 is 0. The second-order valence-electron chi connectivity index (χ2n) is 5.63. The molecule has 1 aliphatic rings. The lowest BCUT2D eigenvalue weighted by Gasteiger charge is -2.21. The van der Waals surface area contributed by atoms with E-state index in [0.717, 1.165) is 36.5 Å². The highest BCUT2D eigenvalue weighted by molar-refractivity contribution is 5.94. The van der Waals surface area contributed by atoms with E-state index < -0.39 is 17.5 Å². The number of para-hydroxylation sites is 1. The highest BCUT2D eigenvalue weighted by Crippen LogP contribution is 2.24. The first-order chi connectivity index (χ1) is 11.1. The van der Waals surface area contributed by atoms with Gasteiger partial charge in [0.15, 0.2) is 0 Å². The molecule has 1 amide bonds. The number of hydrogen-bond acceptors (Lipinski definition) is 2. The minimum Gasteiger partial charge on any atom is -0.371 e. The number of anilines is 1. The van der Waals surface area contributed by atoms with Crippen molar-refractivity contribution in [1.29, 1.82) is 0 Å². The summed E-state index contributed by atoms with van der Waals surface area (Å²) in [4.78, 5) is 14.4. The van der Waals surface area contributed by atoms with E-state index in [2.05, 4.69) is 10.2 Å². The summed E-state index contributed by atoms with van der Waals surface area (Å²) in [6.45, 7) is 2.33. The minimum atomic E-state index is -0.852. The number of rotatable bonds is 4. The van der Waals surface area contributed by atoms with Gasteiger partial charge >= 0.3 is 0 Å². The van der Waals surface area contributed by atoms with Gasteiger partial charge in [-0.05, 0) is 36.6 Å². The van der Waals surface area contributed by atoms with Crippen LogP contribution in [0.5, 0.6) is 0 Å². The Bertz CT molecular complexity index is 712. The Balaban J connectivity index is 1.72. The van der Waals surface area contributed by atoms with Crippen LogP contribution in [0.25, 0.3) is 0 Å². The third kappa shape index (κ3) is 3.50. The largest absolute Gasteiger partial charge is 0.371 e. The maximum absolute atomic E-state index is 13.6. The fourth-order valence-corrected chi connectivity index (χ4v) is 2.87. The fraction of sp³-hybridized carbons (Fsp3) is 0.278. The average molecular weight is 316 g/mol. The summed E-state index contributed by atoms with van der Waals surface area (Å²) in [7, 11) is 0. The van der Waals surface area contributed by atoms with Crippen LogP contribution < -0.4 is 10.2 Å². The summed E-state index contributed by atoms with van der Waals surface area (Å²) in [6.07, 6.45) is 2.34. The second kappa shape index (κ2) is 6.77. The second-order valence-corrected chi connectivity index (χ2v) is 5.63. The van der Waals surface area contributed by atoms with Crippen LogP contribution in [-0.4, -0.2) is 19.0 Å². The molecule has 5 heteroatoms. The Kier molecular flexibility index (Phi) is 4.55. The third-order valence-electron chi connectivity index (χ3n) is 4.05. The molecule has 0 atom stereocenters. The van der Waals surface area contributed by atoms with E-state index in [1.807, 2.05) is 24.3 Å². The lowest BCUT2D eigenvalue weighted by molar-refractivity contribution is 0.0947. The quantitative estimate of drug-likeness (QED) is 0.936. The molecule has 1 fully saturated rings. The molecule has 1 N–H and O–H groups in total. The zero-order valence-electron chi connectivity index (χ0n) is 12.7. The molecule has 120 valence electrons. The number of hydrogen-bond donors (Lipinski definition) is 1. The van der Waals surface area contributed by atoms with Crippen molar-refractivity contribution < 1.29 is 13.6 Å². The number of benzene rings is 2. The molecular weight excluding hydrogens is 298 g/mol. The van der Waals surface area contributed by atoms with Crippen LogP contribution in [-0.2, 0) is 6.54 Å². The van der Waals surface area contributed by atoms with Gasteiger partial charge in [-0.3, -0.25) is 4.79 Å². The topological polar surface area (TPSA) is 32.3 Å². The van der Waals surface area contributed by atoms with E-state index in [1.165, 1.54) is 12.8 Å². The van der Waals surface area contributed by atoms with Crippen molar-refractivity contribution in [3.63, 3.8) is 0 Å². The van der Waals surface area contributed by atoms with Gasteiger partial charge in [-0.25, -0.2) is 8.78 Å². The van der Waals surface area contributed by atoms with Crippen molar-refractivity contribution in [2.75, 3.05) is 18.0 Å². The maximum atomic E-state index is 13.6. The Morgan fingerprint density at radius 2 is 1.83 bits per heavy atom. The van der Waals surface area contributed by atoms with Gasteiger partial charge in [0.05, 0.1) is 5.56 Å². The van der Waals surface area contributed by atoms with Crippen molar-refractivity contribution in [2.45, 2.75) is 19.4 Å². The number of nitrogens with zero attached hydrogens (tertiary/aromatic N) is 1. The minimum absolute atomic E-state index is 0.148. The van der Waals surface area contributed by atoms with E-state index in [4.69, 9.17) is 0 Å². The molecule has 2 aromatic rings. The van der Waals surface area contributed by atoms with Gasteiger partial charge in [-0.2, -0.15) is 0 Å². The first-order valence-corrected chi connectivity index (χ1v) is 7.71. The van der Waals surface area contributed by atoms with Gasteiger partial charge in [-0.1, -0.05) is 18.2 Å². The summed E-state index contributed by atoms with van der Waals surface area (Å²) in [5, 5.41) is 2.71. The van der Waals surface area contributed by atoms with Gasteiger partial charge in [0.2, 0.25) is 0 Å². The average Bonchev–Trinajstić information content (AvgIpc) is 3.07. The Labute approximate surface area is 133 Å². The number of halogens is 2. The molecule has 2 aromatic carbocycles. The molecule has 0 radical (unpaired) electrons.